The van der Waals surface area contributed by atoms with Crippen LogP contribution >= 0.6 is 0 Å². The zero-order valence-electron chi connectivity index (χ0n) is 9.99. The fourth-order valence-corrected chi connectivity index (χ4v) is 2.65. The normalized spacial score (nSPS) is 27.1. The highest BCUT2D eigenvalue weighted by atomic mass is 19.4. The maximum Gasteiger partial charge on any atom is 0.391 e. The van der Waals surface area contributed by atoms with Gasteiger partial charge in [-0.3, -0.25) is 0 Å². The van der Waals surface area contributed by atoms with Crippen LogP contribution in [-0.4, -0.2) is 17.4 Å². The molecule has 0 saturated heterocycles. The standard InChI is InChI=1S/C13H17F3O2/c14-13(15,16)11-3-1-10(2-4-11)12(17)7-9-5-6-18-8-9/h5-6,8,10-12,17H,1-4,7H2. The molecule has 1 atom stereocenters. The third-order valence-electron chi connectivity index (χ3n) is 3.80. The number of halogens is 3. The third kappa shape index (κ3) is 3.28. The molecule has 1 fully saturated rings. The van der Waals surface area contributed by atoms with Crippen LogP contribution in [-0.2, 0) is 6.42 Å². The summed E-state index contributed by atoms with van der Waals surface area (Å²) in [6.07, 6.45) is 0.0577. The van der Waals surface area contributed by atoms with Gasteiger partial charge in [0.05, 0.1) is 24.5 Å². The summed E-state index contributed by atoms with van der Waals surface area (Å²) in [7, 11) is 0. The van der Waals surface area contributed by atoms with E-state index in [4.69, 9.17) is 4.42 Å². The Bertz CT molecular complexity index is 351. The molecule has 0 aliphatic heterocycles. The van der Waals surface area contributed by atoms with E-state index in [-0.39, 0.29) is 18.8 Å². The Hall–Kier alpha value is -0.970. The van der Waals surface area contributed by atoms with Crippen LogP contribution in [0, 0.1) is 11.8 Å². The SMILES string of the molecule is OC(Cc1ccoc1)C1CCC(C(F)(F)F)CC1. The van der Waals surface area contributed by atoms with Crippen LogP contribution in [0.25, 0.3) is 0 Å². The zero-order valence-corrected chi connectivity index (χ0v) is 9.99. The molecule has 18 heavy (non-hydrogen) atoms. The quantitative estimate of drug-likeness (QED) is 0.903. The summed E-state index contributed by atoms with van der Waals surface area (Å²) in [6, 6.07) is 1.77. The smallest absolute Gasteiger partial charge is 0.391 e. The molecule has 1 N–H and O–H groups in total. The lowest BCUT2D eigenvalue weighted by Gasteiger charge is -2.32. The maximum atomic E-state index is 12.5. The Balaban J connectivity index is 1.82. The van der Waals surface area contributed by atoms with Crippen molar-refractivity contribution in [2.24, 2.45) is 11.8 Å². The summed E-state index contributed by atoms with van der Waals surface area (Å²) < 4.78 is 42.4. The molecule has 5 heteroatoms. The zero-order chi connectivity index (χ0) is 13.2. The van der Waals surface area contributed by atoms with Crippen molar-refractivity contribution in [1.82, 2.24) is 0 Å². The molecule has 0 bridgehead atoms. The Labute approximate surface area is 104 Å². The van der Waals surface area contributed by atoms with Crippen LogP contribution in [0.3, 0.4) is 0 Å². The first-order valence-corrected chi connectivity index (χ1v) is 6.22. The highest BCUT2D eigenvalue weighted by Crippen LogP contribution is 2.40. The van der Waals surface area contributed by atoms with Crippen LogP contribution in [0.1, 0.15) is 31.2 Å². The van der Waals surface area contributed by atoms with Crippen LogP contribution < -0.4 is 0 Å². The van der Waals surface area contributed by atoms with E-state index < -0.39 is 18.2 Å². The average molecular weight is 262 g/mol. The van der Waals surface area contributed by atoms with Crippen molar-refractivity contribution in [3.05, 3.63) is 24.2 Å². The predicted octanol–water partition coefficient (Wildman–Crippen LogP) is 3.55. The van der Waals surface area contributed by atoms with Gasteiger partial charge in [-0.1, -0.05) is 0 Å². The Morgan fingerprint density at radius 1 is 1.28 bits per heavy atom. The molecule has 1 aromatic heterocycles. The van der Waals surface area contributed by atoms with Gasteiger partial charge < -0.3 is 9.52 Å². The minimum Gasteiger partial charge on any atom is -0.472 e. The molecule has 1 aliphatic carbocycles. The maximum absolute atomic E-state index is 12.5. The molecule has 1 aliphatic rings. The lowest BCUT2D eigenvalue weighted by atomic mass is 9.78. The van der Waals surface area contributed by atoms with Crippen molar-refractivity contribution in [1.29, 1.82) is 0 Å². The topological polar surface area (TPSA) is 33.4 Å². The van der Waals surface area contributed by atoms with E-state index in [1.807, 2.05) is 0 Å². The number of furan rings is 1. The summed E-state index contributed by atoms with van der Waals surface area (Å²) in [5, 5.41) is 10.0. The van der Waals surface area contributed by atoms with Gasteiger partial charge in [0.2, 0.25) is 0 Å². The first kappa shape index (κ1) is 13.5. The summed E-state index contributed by atoms with van der Waals surface area (Å²) in [6.45, 7) is 0. The molecule has 1 unspecified atom stereocenters. The number of alkyl halides is 3. The van der Waals surface area contributed by atoms with Gasteiger partial charge in [-0.25, -0.2) is 0 Å². The Morgan fingerprint density at radius 3 is 2.44 bits per heavy atom. The first-order chi connectivity index (χ1) is 8.47. The molecule has 102 valence electrons. The van der Waals surface area contributed by atoms with Gasteiger partial charge in [0.1, 0.15) is 0 Å². The Kier molecular flexibility index (Phi) is 4.00. The second-order valence-electron chi connectivity index (χ2n) is 5.06. The molecule has 1 aromatic rings. The van der Waals surface area contributed by atoms with Gasteiger partial charge in [0.25, 0.3) is 0 Å². The van der Waals surface area contributed by atoms with Crippen molar-refractivity contribution in [3.63, 3.8) is 0 Å². The Morgan fingerprint density at radius 2 is 1.94 bits per heavy atom. The van der Waals surface area contributed by atoms with Gasteiger partial charge in [0, 0.05) is 6.42 Å². The molecule has 0 radical (unpaired) electrons. The lowest BCUT2D eigenvalue weighted by Crippen LogP contribution is -2.32. The molecular formula is C13H17F3O2. The molecule has 0 aromatic carbocycles. The second kappa shape index (κ2) is 5.34. The van der Waals surface area contributed by atoms with Gasteiger partial charge in [-0.15, -0.1) is 0 Å². The first-order valence-electron chi connectivity index (χ1n) is 6.22. The lowest BCUT2D eigenvalue weighted by molar-refractivity contribution is -0.185. The summed E-state index contributed by atoms with van der Waals surface area (Å²) in [5.74, 6) is -1.21. The van der Waals surface area contributed by atoms with Crippen LogP contribution in [0.4, 0.5) is 13.2 Å². The average Bonchev–Trinajstić information content (AvgIpc) is 2.81. The van der Waals surface area contributed by atoms with Crippen LogP contribution in [0.5, 0.6) is 0 Å². The van der Waals surface area contributed by atoms with Crippen molar-refractivity contribution < 1.29 is 22.7 Å². The minimum absolute atomic E-state index is 0.0292. The van der Waals surface area contributed by atoms with E-state index in [0.29, 0.717) is 19.3 Å². The number of hydrogen-bond donors (Lipinski definition) is 1. The van der Waals surface area contributed by atoms with Crippen LogP contribution in [0.2, 0.25) is 0 Å². The summed E-state index contributed by atoms with van der Waals surface area (Å²) >= 11 is 0. The monoisotopic (exact) mass is 262 g/mol. The molecule has 1 heterocycles. The van der Waals surface area contributed by atoms with E-state index in [1.54, 1.807) is 12.3 Å². The van der Waals surface area contributed by atoms with Crippen LogP contribution in [0.15, 0.2) is 23.0 Å². The van der Waals surface area contributed by atoms with E-state index >= 15 is 0 Å². The van der Waals surface area contributed by atoms with Crippen molar-refractivity contribution in [2.75, 3.05) is 0 Å². The minimum atomic E-state index is -4.08. The van der Waals surface area contributed by atoms with Gasteiger partial charge >= 0.3 is 6.18 Å². The molecule has 0 spiro atoms. The fraction of sp³-hybridized carbons (Fsp3) is 0.692. The van der Waals surface area contributed by atoms with Crippen molar-refractivity contribution in [3.8, 4) is 0 Å². The molecule has 2 rings (SSSR count). The van der Waals surface area contributed by atoms with E-state index in [2.05, 4.69) is 0 Å². The molecule has 2 nitrogen and oxygen atoms in total. The highest BCUT2D eigenvalue weighted by Gasteiger charge is 2.42. The number of rotatable bonds is 3. The summed E-state index contributed by atoms with van der Waals surface area (Å²) in [4.78, 5) is 0. The van der Waals surface area contributed by atoms with Crippen molar-refractivity contribution in [2.45, 2.75) is 44.4 Å². The van der Waals surface area contributed by atoms with Gasteiger partial charge in [-0.05, 0) is 43.2 Å². The number of hydrogen-bond acceptors (Lipinski definition) is 2. The fourth-order valence-electron chi connectivity index (χ4n) is 2.65. The molecular weight excluding hydrogens is 245 g/mol. The largest absolute Gasteiger partial charge is 0.472 e. The van der Waals surface area contributed by atoms with Gasteiger partial charge in [0.15, 0.2) is 0 Å². The number of aliphatic hydroxyl groups is 1. The molecule has 0 amide bonds. The third-order valence-corrected chi connectivity index (χ3v) is 3.80. The second-order valence-corrected chi connectivity index (χ2v) is 5.06. The van der Waals surface area contributed by atoms with E-state index in [9.17, 15) is 18.3 Å². The van der Waals surface area contributed by atoms with Gasteiger partial charge in [-0.2, -0.15) is 13.2 Å². The van der Waals surface area contributed by atoms with E-state index in [0.717, 1.165) is 5.56 Å². The highest BCUT2D eigenvalue weighted by molar-refractivity contribution is 5.07. The predicted molar refractivity (Wildman–Crippen MR) is 59.9 cm³/mol. The van der Waals surface area contributed by atoms with Crippen molar-refractivity contribution >= 4 is 0 Å². The van der Waals surface area contributed by atoms with E-state index in [1.165, 1.54) is 6.26 Å². The number of aliphatic hydroxyl groups excluding tert-OH is 1. The molecule has 1 saturated carbocycles. The summed E-state index contributed by atoms with van der Waals surface area (Å²) in [5.41, 5.74) is 0.889.